The van der Waals surface area contributed by atoms with E-state index in [1.54, 1.807) is 6.08 Å². The van der Waals surface area contributed by atoms with E-state index in [9.17, 15) is 24.9 Å². The average Bonchev–Trinajstić information content (AvgIpc) is 2.63. The summed E-state index contributed by atoms with van der Waals surface area (Å²) in [5.41, 5.74) is -0.841. The van der Waals surface area contributed by atoms with Crippen LogP contribution in [0.25, 0.3) is 0 Å². The van der Waals surface area contributed by atoms with Crippen molar-refractivity contribution < 1.29 is 30.0 Å². The van der Waals surface area contributed by atoms with Crippen LogP contribution >= 0.6 is 67.8 Å². The minimum atomic E-state index is -1.21. The van der Waals surface area contributed by atoms with Crippen molar-refractivity contribution in [3.63, 3.8) is 0 Å². The lowest BCUT2D eigenvalue weighted by Crippen LogP contribution is -2.52. The Labute approximate surface area is 198 Å². The summed E-state index contributed by atoms with van der Waals surface area (Å²) >= 11 is 6.08. The molecule has 0 fully saturated rings. The number of carbonyl (C=O) groups is 2. The fourth-order valence-corrected chi connectivity index (χ4v) is 8.06. The number of likely N-dealkylation sites (N-methyl/N-ethyl adjacent to an activating group) is 1. The molecule has 0 spiro atoms. The Morgan fingerprint density at radius 1 is 1.26 bits per heavy atom. The predicted molar refractivity (Wildman–Crippen MR) is 126 cm³/mol. The molecule has 0 aliphatic heterocycles. The molecule has 0 aromatic rings. The Bertz CT molecular complexity index is 642. The van der Waals surface area contributed by atoms with Gasteiger partial charge >= 0.3 is 0 Å². The zero-order valence-corrected chi connectivity index (χ0v) is 21.3. The van der Waals surface area contributed by atoms with Crippen LogP contribution in [0.1, 0.15) is 6.42 Å². The van der Waals surface area contributed by atoms with Gasteiger partial charge in [0.1, 0.15) is 0 Å². The molecular formula is C16H23I3N2O6. The molecule has 8 nitrogen and oxygen atoms in total. The van der Waals surface area contributed by atoms with Crippen molar-refractivity contribution in [1.29, 1.82) is 0 Å². The number of hydrogen-bond acceptors (Lipinski definition) is 6. The van der Waals surface area contributed by atoms with Crippen molar-refractivity contribution in [2.45, 2.75) is 22.6 Å². The van der Waals surface area contributed by atoms with E-state index in [0.29, 0.717) is 12.7 Å². The molecule has 5 N–H and O–H groups in total. The van der Waals surface area contributed by atoms with E-state index in [2.05, 4.69) is 5.32 Å². The number of hydrogen-bond donors (Lipinski definition) is 5. The second-order valence-corrected chi connectivity index (χ2v) is 9.80. The van der Waals surface area contributed by atoms with E-state index in [4.69, 9.17) is 5.11 Å². The summed E-state index contributed by atoms with van der Waals surface area (Å²) in [6.45, 7) is -1.03. The summed E-state index contributed by atoms with van der Waals surface area (Å²) in [5, 5.41) is 40.6. The van der Waals surface area contributed by atoms with Crippen LogP contribution in [-0.4, -0.2) is 87.1 Å². The van der Waals surface area contributed by atoms with E-state index in [1.165, 1.54) is 19.0 Å². The lowest BCUT2D eigenvalue weighted by Gasteiger charge is -2.41. The van der Waals surface area contributed by atoms with Gasteiger partial charge in [0.2, 0.25) is 5.91 Å². The molecule has 0 radical (unpaired) electrons. The fraction of sp³-hybridized carbons (Fsp3) is 0.625. The van der Waals surface area contributed by atoms with Gasteiger partial charge in [-0.05, 0) is 57.7 Å². The van der Waals surface area contributed by atoms with Gasteiger partial charge in [0.15, 0.2) is 0 Å². The van der Waals surface area contributed by atoms with E-state index >= 15 is 0 Å². The third-order valence-corrected chi connectivity index (χ3v) is 8.15. The van der Waals surface area contributed by atoms with Gasteiger partial charge in [0, 0.05) is 33.4 Å². The number of nitrogens with one attached hydrogen (secondary N) is 1. The molecule has 0 bridgehead atoms. The smallest absolute Gasteiger partial charge is 0.251 e. The van der Waals surface area contributed by atoms with Gasteiger partial charge in [0.25, 0.3) is 5.91 Å². The van der Waals surface area contributed by atoms with Crippen LogP contribution in [0, 0.1) is 5.41 Å². The van der Waals surface area contributed by atoms with Gasteiger partial charge in [-0.25, -0.2) is 0 Å². The van der Waals surface area contributed by atoms with Gasteiger partial charge in [-0.1, -0.05) is 22.6 Å². The molecule has 1 aliphatic carbocycles. The van der Waals surface area contributed by atoms with Crippen molar-refractivity contribution in [1.82, 2.24) is 10.2 Å². The molecule has 0 aromatic carbocycles. The Hall–Kier alpha value is 0.450. The second-order valence-electron chi connectivity index (χ2n) is 6.23. The summed E-state index contributed by atoms with van der Waals surface area (Å²) in [6, 6.07) is 0. The van der Waals surface area contributed by atoms with Gasteiger partial charge < -0.3 is 30.6 Å². The van der Waals surface area contributed by atoms with Crippen LogP contribution in [0.2, 0.25) is 0 Å². The molecule has 0 saturated heterocycles. The monoisotopic (exact) mass is 720 g/mol. The van der Waals surface area contributed by atoms with Crippen molar-refractivity contribution in [3.8, 4) is 0 Å². The van der Waals surface area contributed by atoms with Crippen LogP contribution in [0.15, 0.2) is 18.8 Å². The first-order chi connectivity index (χ1) is 12.6. The molecule has 1 aliphatic rings. The van der Waals surface area contributed by atoms with E-state index in [-0.39, 0.29) is 24.8 Å². The first-order valence-electron chi connectivity index (χ1n) is 8.03. The second kappa shape index (κ2) is 11.0. The normalized spacial score (nSPS) is 24.9. The van der Waals surface area contributed by atoms with Gasteiger partial charge in [-0.15, -0.1) is 0 Å². The lowest BCUT2D eigenvalue weighted by atomic mass is 9.73. The molecule has 2 amide bonds. The highest BCUT2D eigenvalue weighted by atomic mass is 127. The molecule has 27 heavy (non-hydrogen) atoms. The molecule has 0 saturated carbocycles. The molecule has 4 unspecified atom stereocenters. The summed E-state index contributed by atoms with van der Waals surface area (Å²) < 4.78 is 0.705. The highest BCUT2D eigenvalue weighted by molar-refractivity contribution is 14.1. The number of amides is 2. The zero-order chi connectivity index (χ0) is 20.9. The minimum Gasteiger partial charge on any atom is -0.394 e. The predicted octanol–water partition coefficient (Wildman–Crippen LogP) is 0.0989. The summed E-state index contributed by atoms with van der Waals surface area (Å²) in [6.07, 6.45) is -0.517. The maximum absolute atomic E-state index is 13.0. The lowest BCUT2D eigenvalue weighted by molar-refractivity contribution is -0.130. The molecule has 154 valence electrons. The van der Waals surface area contributed by atoms with E-state index in [1.807, 2.05) is 67.8 Å². The highest BCUT2D eigenvalue weighted by Gasteiger charge is 2.53. The Morgan fingerprint density at radius 3 is 2.30 bits per heavy atom. The first-order valence-corrected chi connectivity index (χ1v) is 11.4. The third-order valence-electron chi connectivity index (χ3n) is 4.30. The molecule has 0 heterocycles. The van der Waals surface area contributed by atoms with Crippen LogP contribution in [0.3, 0.4) is 0 Å². The number of allylic oxidation sites excluding steroid dienone is 2. The summed E-state index contributed by atoms with van der Waals surface area (Å²) in [7, 11) is 2.99. The number of aliphatic hydroxyl groups excluding tert-OH is 4. The number of nitrogens with zero attached hydrogens (tertiary/aromatic N) is 1. The molecule has 0 aromatic heterocycles. The van der Waals surface area contributed by atoms with Gasteiger partial charge in [-0.3, -0.25) is 9.59 Å². The SMILES string of the molecule is CNC(=O)C1(CC(O)CO)C(I)=CC(I)=C(C(=O)N(C)CC(O)CO)C1I. The topological polar surface area (TPSA) is 130 Å². The van der Waals surface area contributed by atoms with Crippen molar-refractivity contribution in [2.75, 3.05) is 33.9 Å². The molecular weight excluding hydrogens is 697 g/mol. The Kier molecular flexibility index (Phi) is 10.4. The Balaban J connectivity index is 3.40. The van der Waals surface area contributed by atoms with Crippen LogP contribution < -0.4 is 5.32 Å². The zero-order valence-electron chi connectivity index (χ0n) is 14.8. The number of aliphatic hydroxyl groups is 4. The number of alkyl halides is 1. The minimum absolute atomic E-state index is 0.0464. The van der Waals surface area contributed by atoms with Crippen molar-refractivity contribution in [3.05, 3.63) is 18.8 Å². The quantitative estimate of drug-likeness (QED) is 0.179. The summed E-state index contributed by atoms with van der Waals surface area (Å²) in [4.78, 5) is 27.2. The van der Waals surface area contributed by atoms with Crippen LogP contribution in [0.4, 0.5) is 0 Å². The van der Waals surface area contributed by atoms with Crippen molar-refractivity contribution >= 4 is 79.6 Å². The maximum atomic E-state index is 13.0. The summed E-state index contributed by atoms with van der Waals surface area (Å²) in [5.74, 6) is -0.736. The third kappa shape index (κ3) is 5.53. The standard InChI is InChI=1S/C16H23I3N2O6/c1-20-15(27)16(4-8(24)6-22)11(18)3-10(17)12(13(16)19)14(26)21(2)5-9(25)7-23/h3,8-9,13,22-25H,4-7H2,1-2H3,(H,20,27). The molecule has 11 heteroatoms. The fourth-order valence-electron chi connectivity index (χ4n) is 2.86. The van der Waals surface area contributed by atoms with E-state index < -0.39 is 34.8 Å². The largest absolute Gasteiger partial charge is 0.394 e. The average molecular weight is 720 g/mol. The number of rotatable bonds is 8. The first kappa shape index (κ1) is 25.5. The molecule has 1 rings (SSSR count). The van der Waals surface area contributed by atoms with E-state index in [0.717, 1.165) is 0 Å². The van der Waals surface area contributed by atoms with Crippen molar-refractivity contribution in [2.24, 2.45) is 5.41 Å². The van der Waals surface area contributed by atoms with Gasteiger partial charge in [0.05, 0.1) is 34.8 Å². The molecule has 4 atom stereocenters. The van der Waals surface area contributed by atoms with Crippen LogP contribution in [0.5, 0.6) is 0 Å². The maximum Gasteiger partial charge on any atom is 0.251 e. The van der Waals surface area contributed by atoms with Crippen LogP contribution in [-0.2, 0) is 9.59 Å². The Morgan fingerprint density at radius 2 is 1.81 bits per heavy atom. The van der Waals surface area contributed by atoms with Gasteiger partial charge in [-0.2, -0.15) is 0 Å². The number of carbonyl (C=O) groups excluding carboxylic acids is 2. The highest BCUT2D eigenvalue weighted by Crippen LogP contribution is 2.52. The number of halogens is 3.